The summed E-state index contributed by atoms with van der Waals surface area (Å²) in [5, 5.41) is 3.30. The van der Waals surface area contributed by atoms with Crippen molar-refractivity contribution < 1.29 is 4.74 Å². The Kier molecular flexibility index (Phi) is 5.16. The van der Waals surface area contributed by atoms with Crippen molar-refractivity contribution >= 4 is 5.95 Å². The average Bonchev–Trinajstić information content (AvgIpc) is 2.58. The first-order valence-corrected chi connectivity index (χ1v) is 6.31. The molecule has 0 aromatic carbocycles. The van der Waals surface area contributed by atoms with Crippen molar-refractivity contribution in [3.05, 3.63) is 11.9 Å². The molecular weight excluding hydrogens is 228 g/mol. The van der Waals surface area contributed by atoms with Crippen molar-refractivity contribution in [3.63, 3.8) is 0 Å². The van der Waals surface area contributed by atoms with Gasteiger partial charge < -0.3 is 19.5 Å². The maximum atomic E-state index is 5.04. The highest BCUT2D eigenvalue weighted by Gasteiger charge is 2.22. The lowest BCUT2D eigenvalue weighted by molar-refractivity contribution is 0.170. The Morgan fingerprint density at radius 2 is 2.11 bits per heavy atom. The summed E-state index contributed by atoms with van der Waals surface area (Å²) in [6.45, 7) is 8.82. The number of hydrogen-bond acceptors (Lipinski definition) is 4. The van der Waals surface area contributed by atoms with E-state index in [0.29, 0.717) is 6.61 Å². The summed E-state index contributed by atoms with van der Waals surface area (Å²) in [5.41, 5.74) is 1.12. The number of aromatic nitrogens is 2. The summed E-state index contributed by atoms with van der Waals surface area (Å²) in [4.78, 5) is 6.73. The third-order valence-electron chi connectivity index (χ3n) is 3.25. The second-order valence-electron chi connectivity index (χ2n) is 5.46. The molecule has 0 unspecified atom stereocenters. The highest BCUT2D eigenvalue weighted by atomic mass is 16.5. The molecule has 5 heteroatoms. The number of hydrogen-bond donors (Lipinski definition) is 1. The molecule has 0 radical (unpaired) electrons. The van der Waals surface area contributed by atoms with Gasteiger partial charge in [-0.2, -0.15) is 0 Å². The molecular formula is C13H26N4O. The van der Waals surface area contributed by atoms with Gasteiger partial charge >= 0.3 is 0 Å². The van der Waals surface area contributed by atoms with E-state index in [-0.39, 0.29) is 5.54 Å². The van der Waals surface area contributed by atoms with Gasteiger partial charge in [0, 0.05) is 31.9 Å². The van der Waals surface area contributed by atoms with Crippen LogP contribution in [0.4, 0.5) is 5.95 Å². The van der Waals surface area contributed by atoms with Gasteiger partial charge in [0.05, 0.1) is 12.3 Å². The minimum absolute atomic E-state index is 0.0881. The molecule has 1 heterocycles. The van der Waals surface area contributed by atoms with E-state index in [2.05, 4.69) is 53.9 Å². The van der Waals surface area contributed by atoms with Crippen molar-refractivity contribution in [2.75, 3.05) is 39.7 Å². The van der Waals surface area contributed by atoms with Crippen LogP contribution < -0.4 is 5.32 Å². The first-order chi connectivity index (χ1) is 8.36. The molecule has 104 valence electrons. The molecule has 5 nitrogen and oxygen atoms in total. The van der Waals surface area contributed by atoms with Gasteiger partial charge in [0.25, 0.3) is 0 Å². The topological polar surface area (TPSA) is 42.3 Å². The number of nitrogens with zero attached hydrogens (tertiary/aromatic N) is 3. The van der Waals surface area contributed by atoms with E-state index in [1.165, 1.54) is 0 Å². The quantitative estimate of drug-likeness (QED) is 0.750. The maximum Gasteiger partial charge on any atom is 0.203 e. The predicted octanol–water partition coefficient (Wildman–Crippen LogP) is 1.59. The lowest BCUT2D eigenvalue weighted by Gasteiger charge is -2.33. The average molecular weight is 254 g/mol. The zero-order valence-corrected chi connectivity index (χ0v) is 12.4. The van der Waals surface area contributed by atoms with Crippen molar-refractivity contribution in [2.45, 2.75) is 32.9 Å². The van der Waals surface area contributed by atoms with E-state index in [1.54, 1.807) is 7.11 Å². The molecule has 1 aromatic heterocycles. The highest BCUT2D eigenvalue weighted by molar-refractivity contribution is 5.29. The van der Waals surface area contributed by atoms with Crippen molar-refractivity contribution in [1.82, 2.24) is 14.5 Å². The molecule has 0 amide bonds. The van der Waals surface area contributed by atoms with Crippen molar-refractivity contribution in [2.24, 2.45) is 0 Å². The summed E-state index contributed by atoms with van der Waals surface area (Å²) in [6.07, 6.45) is 2.08. The standard InChI is InChI=1S/C13H26N4O/c1-11-9-17(10-13(2,3)16(4)5)12(15-11)14-7-8-18-6/h9H,7-8,10H2,1-6H3,(H,14,15). The molecule has 1 aromatic rings. The Hall–Kier alpha value is -1.07. The zero-order valence-electron chi connectivity index (χ0n) is 12.4. The molecule has 0 fully saturated rings. The first-order valence-electron chi connectivity index (χ1n) is 6.31. The molecule has 0 saturated heterocycles. The van der Waals surface area contributed by atoms with Crippen LogP contribution in [0, 0.1) is 6.92 Å². The third kappa shape index (κ3) is 3.99. The van der Waals surface area contributed by atoms with Crippen LogP contribution in [0.2, 0.25) is 0 Å². The summed E-state index contributed by atoms with van der Waals surface area (Å²) in [5.74, 6) is 0.916. The zero-order chi connectivity index (χ0) is 13.8. The predicted molar refractivity (Wildman–Crippen MR) is 75.1 cm³/mol. The van der Waals surface area contributed by atoms with E-state index in [0.717, 1.165) is 24.7 Å². The third-order valence-corrected chi connectivity index (χ3v) is 3.25. The van der Waals surface area contributed by atoms with Gasteiger partial charge in [-0.05, 0) is 34.9 Å². The van der Waals surface area contributed by atoms with Gasteiger partial charge in [0.1, 0.15) is 0 Å². The maximum absolute atomic E-state index is 5.04. The number of rotatable bonds is 7. The van der Waals surface area contributed by atoms with E-state index in [4.69, 9.17) is 4.74 Å². The fourth-order valence-corrected chi connectivity index (χ4v) is 1.63. The van der Waals surface area contributed by atoms with Gasteiger partial charge in [-0.25, -0.2) is 4.98 Å². The van der Waals surface area contributed by atoms with E-state index >= 15 is 0 Å². The monoisotopic (exact) mass is 254 g/mol. The molecule has 1 N–H and O–H groups in total. The number of likely N-dealkylation sites (N-methyl/N-ethyl adjacent to an activating group) is 1. The smallest absolute Gasteiger partial charge is 0.203 e. The number of ether oxygens (including phenoxy) is 1. The number of anilines is 1. The number of methoxy groups -OCH3 is 1. The largest absolute Gasteiger partial charge is 0.383 e. The number of nitrogens with one attached hydrogen (secondary N) is 1. The first kappa shape index (κ1) is 15.0. The van der Waals surface area contributed by atoms with E-state index in [1.807, 2.05) is 6.92 Å². The van der Waals surface area contributed by atoms with Gasteiger partial charge in [-0.15, -0.1) is 0 Å². The Morgan fingerprint density at radius 3 is 2.67 bits per heavy atom. The molecule has 0 saturated carbocycles. The van der Waals surface area contributed by atoms with Gasteiger partial charge in [0.15, 0.2) is 0 Å². The van der Waals surface area contributed by atoms with Crippen LogP contribution in [0.3, 0.4) is 0 Å². The highest BCUT2D eigenvalue weighted by Crippen LogP contribution is 2.17. The SMILES string of the molecule is COCCNc1nc(C)cn1CC(C)(C)N(C)C. The second-order valence-corrected chi connectivity index (χ2v) is 5.46. The van der Waals surface area contributed by atoms with Crippen LogP contribution in [-0.2, 0) is 11.3 Å². The Labute approximate surface area is 110 Å². The van der Waals surface area contributed by atoms with Crippen LogP contribution in [0.1, 0.15) is 19.5 Å². The Balaban J connectivity index is 2.75. The fraction of sp³-hybridized carbons (Fsp3) is 0.769. The van der Waals surface area contributed by atoms with Crippen molar-refractivity contribution in [3.8, 4) is 0 Å². The van der Waals surface area contributed by atoms with Gasteiger partial charge in [-0.1, -0.05) is 0 Å². The van der Waals surface area contributed by atoms with Crippen molar-refractivity contribution in [1.29, 1.82) is 0 Å². The summed E-state index contributed by atoms with van der Waals surface area (Å²) in [6, 6.07) is 0. The fourth-order valence-electron chi connectivity index (χ4n) is 1.63. The van der Waals surface area contributed by atoms with Crippen LogP contribution in [-0.4, -0.2) is 54.3 Å². The van der Waals surface area contributed by atoms with Gasteiger partial charge in [0.2, 0.25) is 5.95 Å². The minimum atomic E-state index is 0.0881. The Bertz CT molecular complexity index is 371. The van der Waals surface area contributed by atoms with Gasteiger partial charge in [-0.3, -0.25) is 0 Å². The summed E-state index contributed by atoms with van der Waals surface area (Å²) < 4.78 is 7.21. The van der Waals surface area contributed by atoms with E-state index in [9.17, 15) is 0 Å². The molecule has 0 atom stereocenters. The summed E-state index contributed by atoms with van der Waals surface area (Å²) >= 11 is 0. The lowest BCUT2D eigenvalue weighted by Crippen LogP contribution is -2.42. The lowest BCUT2D eigenvalue weighted by atomic mass is 10.0. The molecule has 0 bridgehead atoms. The molecule has 18 heavy (non-hydrogen) atoms. The van der Waals surface area contributed by atoms with Crippen LogP contribution in [0.5, 0.6) is 0 Å². The number of aryl methyl sites for hydroxylation is 1. The molecule has 0 spiro atoms. The molecule has 1 rings (SSSR count). The van der Waals surface area contributed by atoms with Crippen LogP contribution in [0.15, 0.2) is 6.20 Å². The number of imidazole rings is 1. The molecule has 0 aliphatic carbocycles. The van der Waals surface area contributed by atoms with E-state index < -0.39 is 0 Å². The van der Waals surface area contributed by atoms with Crippen LogP contribution >= 0.6 is 0 Å². The Morgan fingerprint density at radius 1 is 1.44 bits per heavy atom. The second kappa shape index (κ2) is 6.20. The minimum Gasteiger partial charge on any atom is -0.383 e. The summed E-state index contributed by atoms with van der Waals surface area (Å²) in [7, 11) is 5.90. The van der Waals surface area contributed by atoms with Crippen LogP contribution in [0.25, 0.3) is 0 Å². The molecule has 0 aliphatic heterocycles. The molecule has 0 aliphatic rings. The normalized spacial score (nSPS) is 12.2.